The molecule has 0 aliphatic carbocycles. The molecule has 0 spiro atoms. The van der Waals surface area contributed by atoms with Crippen molar-refractivity contribution in [2.24, 2.45) is 0 Å². The summed E-state index contributed by atoms with van der Waals surface area (Å²) in [4.78, 5) is 10.0. The van der Waals surface area contributed by atoms with Crippen LogP contribution < -0.4 is 0 Å². The lowest BCUT2D eigenvalue weighted by molar-refractivity contribution is -0.384. The van der Waals surface area contributed by atoms with Crippen LogP contribution in [0.2, 0.25) is 5.02 Å². The lowest BCUT2D eigenvalue weighted by Crippen LogP contribution is -1.97. The Morgan fingerprint density at radius 3 is 2.54 bits per heavy atom. The fourth-order valence-electron chi connectivity index (χ4n) is 2.13. The Labute approximate surface area is 169 Å². The zero-order chi connectivity index (χ0) is 20.1. The molecule has 144 valence electrons. The van der Waals surface area contributed by atoms with Crippen LogP contribution in [-0.2, 0) is 9.84 Å². The molecular formula is C17H12ClN3O5S2. The van der Waals surface area contributed by atoms with E-state index in [0.29, 0.717) is 10.6 Å². The molecule has 8 nitrogen and oxygen atoms in total. The highest BCUT2D eigenvalue weighted by atomic mass is 35.5. The number of thioether (sulfide) groups is 1. The number of nitro benzene ring substituents is 1. The fourth-order valence-corrected chi connectivity index (χ4v) is 4.07. The summed E-state index contributed by atoms with van der Waals surface area (Å²) >= 11 is 7.24. The molecule has 0 N–H and O–H groups in total. The number of sulfone groups is 1. The molecule has 0 unspecified atom stereocenters. The van der Waals surface area contributed by atoms with Crippen LogP contribution in [0.15, 0.2) is 74.6 Å². The molecule has 1 heterocycles. The number of nitrogens with zero attached hydrogens (tertiary/aromatic N) is 3. The maximum absolute atomic E-state index is 12.2. The SMILES string of the molecule is O=[N+]([O-])c1ccc(S(=O)(=O)/C=C/CSc2nnc(-c3ccccc3Cl)o2)cc1. The number of aromatic nitrogens is 2. The van der Waals surface area contributed by atoms with Crippen LogP contribution in [0.3, 0.4) is 0 Å². The molecule has 0 aliphatic heterocycles. The van der Waals surface area contributed by atoms with Gasteiger partial charge in [0, 0.05) is 23.3 Å². The van der Waals surface area contributed by atoms with Crippen LogP contribution in [0, 0.1) is 10.1 Å². The second-order valence-corrected chi connectivity index (χ2v) is 8.54. The normalized spacial score (nSPS) is 11.8. The van der Waals surface area contributed by atoms with Crippen molar-refractivity contribution >= 4 is 38.9 Å². The van der Waals surface area contributed by atoms with Gasteiger partial charge in [-0.1, -0.05) is 41.6 Å². The summed E-state index contributed by atoms with van der Waals surface area (Å²) in [6.07, 6.45) is 1.43. The summed E-state index contributed by atoms with van der Waals surface area (Å²) in [7, 11) is -3.70. The summed E-state index contributed by atoms with van der Waals surface area (Å²) in [5, 5.41) is 20.2. The van der Waals surface area contributed by atoms with Crippen LogP contribution in [-0.4, -0.2) is 29.3 Å². The van der Waals surface area contributed by atoms with Crippen molar-refractivity contribution in [3.05, 3.63) is 75.2 Å². The van der Waals surface area contributed by atoms with Crippen molar-refractivity contribution in [3.63, 3.8) is 0 Å². The van der Waals surface area contributed by atoms with Crippen molar-refractivity contribution in [3.8, 4) is 11.5 Å². The summed E-state index contributed by atoms with van der Waals surface area (Å²) in [5.41, 5.74) is 0.434. The molecule has 0 radical (unpaired) electrons. The minimum absolute atomic E-state index is 0.0295. The van der Waals surface area contributed by atoms with E-state index in [1.807, 2.05) is 0 Å². The standard InChI is InChI=1S/C17H12ClN3O5S2/c18-15-5-2-1-4-14(15)16-19-20-17(26-16)27-10-3-11-28(24,25)13-8-6-12(7-9-13)21(22)23/h1-9,11H,10H2/b11-3+. The van der Waals surface area contributed by atoms with E-state index in [4.69, 9.17) is 16.0 Å². The van der Waals surface area contributed by atoms with Gasteiger partial charge in [0.25, 0.3) is 10.9 Å². The number of rotatable bonds is 7. The van der Waals surface area contributed by atoms with Crippen LogP contribution >= 0.6 is 23.4 Å². The highest BCUT2D eigenvalue weighted by Gasteiger charge is 2.14. The van der Waals surface area contributed by atoms with E-state index in [-0.39, 0.29) is 27.4 Å². The molecular weight excluding hydrogens is 426 g/mol. The highest BCUT2D eigenvalue weighted by Crippen LogP contribution is 2.28. The number of non-ortho nitro benzene ring substituents is 1. The molecule has 0 saturated carbocycles. The first kappa shape index (κ1) is 20.1. The van der Waals surface area contributed by atoms with Crippen molar-refractivity contribution in [2.75, 3.05) is 5.75 Å². The van der Waals surface area contributed by atoms with Gasteiger partial charge in [-0.2, -0.15) is 0 Å². The topological polar surface area (TPSA) is 116 Å². The molecule has 28 heavy (non-hydrogen) atoms. The van der Waals surface area contributed by atoms with Gasteiger partial charge in [-0.25, -0.2) is 8.42 Å². The van der Waals surface area contributed by atoms with E-state index in [0.717, 1.165) is 29.3 Å². The number of hydrogen-bond donors (Lipinski definition) is 0. The molecule has 0 bridgehead atoms. The molecule has 0 saturated heterocycles. The number of nitro groups is 1. The molecule has 0 atom stereocenters. The Kier molecular flexibility index (Phi) is 6.12. The maximum Gasteiger partial charge on any atom is 0.277 e. The lowest BCUT2D eigenvalue weighted by Gasteiger charge is -1.98. The number of benzene rings is 2. The monoisotopic (exact) mass is 437 g/mol. The van der Waals surface area contributed by atoms with Crippen molar-refractivity contribution in [1.29, 1.82) is 0 Å². The number of hydrogen-bond acceptors (Lipinski definition) is 8. The third kappa shape index (κ3) is 4.77. The molecule has 0 amide bonds. The van der Waals surface area contributed by atoms with Gasteiger partial charge in [0.1, 0.15) is 0 Å². The van der Waals surface area contributed by atoms with Crippen molar-refractivity contribution < 1.29 is 17.8 Å². The second-order valence-electron chi connectivity index (χ2n) is 5.33. The minimum Gasteiger partial charge on any atom is -0.411 e. The van der Waals surface area contributed by atoms with Gasteiger partial charge in [-0.05, 0) is 24.3 Å². The largest absolute Gasteiger partial charge is 0.411 e. The first-order valence-corrected chi connectivity index (χ1v) is 10.6. The highest BCUT2D eigenvalue weighted by molar-refractivity contribution is 7.99. The first-order valence-electron chi connectivity index (χ1n) is 7.74. The van der Waals surface area contributed by atoms with E-state index in [9.17, 15) is 18.5 Å². The van der Waals surface area contributed by atoms with Gasteiger partial charge in [0.15, 0.2) is 9.84 Å². The summed E-state index contributed by atoms with van der Waals surface area (Å²) < 4.78 is 30.0. The summed E-state index contributed by atoms with van der Waals surface area (Å²) in [5.74, 6) is 0.548. The third-order valence-electron chi connectivity index (χ3n) is 3.47. The van der Waals surface area contributed by atoms with Crippen LogP contribution in [0.5, 0.6) is 0 Å². The van der Waals surface area contributed by atoms with Crippen molar-refractivity contribution in [1.82, 2.24) is 10.2 Å². The van der Waals surface area contributed by atoms with Gasteiger partial charge in [0.2, 0.25) is 5.89 Å². The van der Waals surface area contributed by atoms with E-state index < -0.39 is 14.8 Å². The fraction of sp³-hybridized carbons (Fsp3) is 0.0588. The maximum atomic E-state index is 12.2. The van der Waals surface area contributed by atoms with Crippen LogP contribution in [0.1, 0.15) is 0 Å². The lowest BCUT2D eigenvalue weighted by atomic mass is 10.2. The summed E-state index contributed by atoms with van der Waals surface area (Å²) in [6.45, 7) is 0. The Hall–Kier alpha value is -2.69. The van der Waals surface area contributed by atoms with Crippen LogP contribution in [0.4, 0.5) is 5.69 Å². The number of halogens is 1. The minimum atomic E-state index is -3.70. The van der Waals surface area contributed by atoms with Gasteiger partial charge in [-0.3, -0.25) is 10.1 Å². The average Bonchev–Trinajstić information content (AvgIpc) is 3.14. The van der Waals surface area contributed by atoms with E-state index >= 15 is 0 Å². The van der Waals surface area contributed by atoms with Crippen LogP contribution in [0.25, 0.3) is 11.5 Å². The molecule has 11 heteroatoms. The predicted molar refractivity (Wildman–Crippen MR) is 105 cm³/mol. The molecule has 0 fully saturated rings. The van der Waals surface area contributed by atoms with Gasteiger partial charge >= 0.3 is 0 Å². The van der Waals surface area contributed by atoms with Gasteiger partial charge in [0.05, 0.1) is 20.4 Å². The smallest absolute Gasteiger partial charge is 0.277 e. The Balaban J connectivity index is 1.62. The average molecular weight is 438 g/mol. The zero-order valence-corrected chi connectivity index (χ0v) is 16.4. The molecule has 2 aromatic carbocycles. The molecule has 3 aromatic rings. The third-order valence-corrected chi connectivity index (χ3v) is 6.05. The predicted octanol–water partition coefficient (Wildman–Crippen LogP) is 4.38. The molecule has 3 rings (SSSR count). The van der Waals surface area contributed by atoms with Crippen molar-refractivity contribution in [2.45, 2.75) is 10.1 Å². The first-order chi connectivity index (χ1) is 13.4. The Morgan fingerprint density at radius 2 is 1.86 bits per heavy atom. The van der Waals surface area contributed by atoms with Gasteiger partial charge < -0.3 is 4.42 Å². The Bertz CT molecular complexity index is 1130. The van der Waals surface area contributed by atoms with E-state index in [1.54, 1.807) is 24.3 Å². The summed E-state index contributed by atoms with van der Waals surface area (Å²) in [6, 6.07) is 11.7. The zero-order valence-electron chi connectivity index (χ0n) is 14.1. The second kappa shape index (κ2) is 8.55. The Morgan fingerprint density at radius 1 is 1.14 bits per heavy atom. The quantitative estimate of drug-likeness (QED) is 0.303. The van der Waals surface area contributed by atoms with E-state index in [1.165, 1.54) is 18.2 Å². The van der Waals surface area contributed by atoms with E-state index in [2.05, 4.69) is 10.2 Å². The molecule has 1 aromatic heterocycles. The van der Waals surface area contributed by atoms with Gasteiger partial charge in [-0.15, -0.1) is 10.2 Å². The molecule has 0 aliphatic rings.